The van der Waals surface area contributed by atoms with E-state index in [1.165, 1.54) is 0 Å². The fourth-order valence-corrected chi connectivity index (χ4v) is 1.29. The Bertz CT molecular complexity index is 482. The van der Waals surface area contributed by atoms with Crippen LogP contribution in [0.5, 0.6) is 0 Å². The first-order valence-electron chi connectivity index (χ1n) is 3.39. The lowest BCUT2D eigenvalue weighted by molar-refractivity contribution is 1.16. The van der Waals surface area contributed by atoms with E-state index in [0.717, 1.165) is 11.3 Å². The number of nitrogens with one attached hydrogen (secondary N) is 2. The average molecular weight is 181 g/mol. The molecule has 0 aliphatic carbocycles. The maximum atomic E-state index is 5.45. The third-order valence-electron chi connectivity index (χ3n) is 1.50. The molecular weight excluding hydrogens is 174 g/mol. The molecule has 62 valence electrons. The normalized spacial score (nSPS) is 10.8. The van der Waals surface area contributed by atoms with E-state index in [2.05, 4.69) is 19.9 Å². The maximum Gasteiger partial charge on any atom is 0.200 e. The topological polar surface area (TPSA) is 83.4 Å². The Morgan fingerprint density at radius 3 is 2.83 bits per heavy atom. The van der Waals surface area contributed by atoms with Crippen molar-refractivity contribution in [2.45, 2.75) is 6.92 Å². The molecule has 0 amide bonds. The third-order valence-corrected chi connectivity index (χ3v) is 1.80. The number of anilines is 1. The van der Waals surface area contributed by atoms with Gasteiger partial charge in [0.2, 0.25) is 5.95 Å². The molecule has 5 nitrogen and oxygen atoms in total. The lowest BCUT2D eigenvalue weighted by Gasteiger charge is -1.91. The number of imidazole rings is 1. The van der Waals surface area contributed by atoms with Gasteiger partial charge in [-0.25, -0.2) is 4.98 Å². The summed E-state index contributed by atoms with van der Waals surface area (Å²) in [7, 11) is 0. The van der Waals surface area contributed by atoms with Crippen LogP contribution in [0.4, 0.5) is 5.95 Å². The molecule has 0 spiro atoms. The van der Waals surface area contributed by atoms with E-state index in [0.29, 0.717) is 16.2 Å². The van der Waals surface area contributed by atoms with Crippen LogP contribution in [0.1, 0.15) is 5.82 Å². The minimum Gasteiger partial charge on any atom is -0.369 e. The van der Waals surface area contributed by atoms with Gasteiger partial charge in [0.1, 0.15) is 16.0 Å². The first-order chi connectivity index (χ1) is 5.66. The highest BCUT2D eigenvalue weighted by atomic mass is 32.1. The zero-order valence-corrected chi connectivity index (χ0v) is 7.20. The predicted molar refractivity (Wildman–Crippen MR) is 48.2 cm³/mol. The molecule has 0 aromatic carbocycles. The number of aromatic amines is 2. The quantitative estimate of drug-likeness (QED) is 0.527. The molecule has 0 atom stereocenters. The van der Waals surface area contributed by atoms with Crippen LogP contribution in [0.3, 0.4) is 0 Å². The van der Waals surface area contributed by atoms with Crippen molar-refractivity contribution in [3.05, 3.63) is 10.5 Å². The minimum absolute atomic E-state index is 0.291. The van der Waals surface area contributed by atoms with Gasteiger partial charge < -0.3 is 15.7 Å². The zero-order valence-electron chi connectivity index (χ0n) is 6.38. The van der Waals surface area contributed by atoms with E-state index in [1.807, 2.05) is 6.92 Å². The lowest BCUT2D eigenvalue weighted by Crippen LogP contribution is -1.94. The average Bonchev–Trinajstić information content (AvgIpc) is 2.29. The van der Waals surface area contributed by atoms with Crippen LogP contribution in [0, 0.1) is 11.6 Å². The summed E-state index contributed by atoms with van der Waals surface area (Å²) in [4.78, 5) is 13.8. The molecule has 2 aromatic rings. The van der Waals surface area contributed by atoms with E-state index < -0.39 is 0 Å². The molecule has 0 saturated heterocycles. The molecule has 0 unspecified atom stereocenters. The number of nitrogens with two attached hydrogens (primary N) is 1. The third kappa shape index (κ3) is 0.964. The maximum absolute atomic E-state index is 5.45. The van der Waals surface area contributed by atoms with Gasteiger partial charge >= 0.3 is 0 Å². The number of H-pyrrole nitrogens is 2. The lowest BCUT2D eigenvalue weighted by atomic mass is 10.6. The summed E-state index contributed by atoms with van der Waals surface area (Å²) in [6, 6.07) is 0. The second kappa shape index (κ2) is 2.28. The van der Waals surface area contributed by atoms with Crippen molar-refractivity contribution in [3.8, 4) is 0 Å². The molecule has 0 radical (unpaired) electrons. The van der Waals surface area contributed by atoms with Crippen molar-refractivity contribution in [2.75, 3.05) is 5.73 Å². The molecule has 4 N–H and O–H groups in total. The molecule has 2 aromatic heterocycles. The largest absolute Gasteiger partial charge is 0.369 e. The molecular formula is C6H7N5S. The number of rotatable bonds is 0. The Morgan fingerprint density at radius 2 is 2.08 bits per heavy atom. The van der Waals surface area contributed by atoms with Crippen LogP contribution < -0.4 is 5.73 Å². The van der Waals surface area contributed by atoms with Gasteiger partial charge in [-0.15, -0.1) is 0 Å². The molecule has 0 aliphatic heterocycles. The highest BCUT2D eigenvalue weighted by Gasteiger charge is 2.02. The molecule has 0 fully saturated rings. The summed E-state index contributed by atoms with van der Waals surface area (Å²) in [6.45, 7) is 1.84. The Morgan fingerprint density at radius 1 is 1.33 bits per heavy atom. The Kier molecular flexibility index (Phi) is 1.37. The van der Waals surface area contributed by atoms with Crippen LogP contribution in [-0.2, 0) is 0 Å². The van der Waals surface area contributed by atoms with Crippen molar-refractivity contribution < 1.29 is 0 Å². The van der Waals surface area contributed by atoms with Crippen molar-refractivity contribution in [1.82, 2.24) is 19.9 Å². The number of nitrogens with zero attached hydrogens (tertiary/aromatic N) is 2. The number of hydrogen-bond donors (Lipinski definition) is 3. The first-order valence-corrected chi connectivity index (χ1v) is 3.80. The van der Waals surface area contributed by atoms with Crippen LogP contribution >= 0.6 is 12.2 Å². The highest BCUT2D eigenvalue weighted by Crippen LogP contribution is 2.09. The molecule has 2 rings (SSSR count). The van der Waals surface area contributed by atoms with Crippen molar-refractivity contribution in [3.63, 3.8) is 0 Å². The van der Waals surface area contributed by atoms with Gasteiger partial charge in [-0.3, -0.25) is 0 Å². The van der Waals surface area contributed by atoms with Gasteiger partial charge in [0, 0.05) is 0 Å². The zero-order chi connectivity index (χ0) is 8.72. The number of nitrogen functional groups attached to an aromatic ring is 1. The molecule has 0 bridgehead atoms. The Balaban J connectivity index is 2.98. The molecule has 6 heteroatoms. The number of aromatic nitrogens is 4. The van der Waals surface area contributed by atoms with Crippen molar-refractivity contribution in [2.24, 2.45) is 0 Å². The van der Waals surface area contributed by atoms with Gasteiger partial charge in [0.25, 0.3) is 0 Å². The summed E-state index contributed by atoms with van der Waals surface area (Å²) >= 11 is 5.01. The van der Waals surface area contributed by atoms with E-state index in [1.54, 1.807) is 0 Å². The highest BCUT2D eigenvalue weighted by molar-refractivity contribution is 7.71. The molecule has 2 heterocycles. The summed E-state index contributed by atoms with van der Waals surface area (Å²) in [6.07, 6.45) is 0. The monoisotopic (exact) mass is 181 g/mol. The fraction of sp³-hybridized carbons (Fsp3) is 0.167. The SMILES string of the molecule is Cc1nc2nc(N)[nH]c(=S)c2[nH]1. The van der Waals surface area contributed by atoms with Crippen molar-refractivity contribution >= 4 is 29.3 Å². The fourth-order valence-electron chi connectivity index (χ4n) is 1.04. The smallest absolute Gasteiger partial charge is 0.200 e. The van der Waals surface area contributed by atoms with Crippen LogP contribution in [0.2, 0.25) is 0 Å². The van der Waals surface area contributed by atoms with Gasteiger partial charge in [-0.1, -0.05) is 12.2 Å². The van der Waals surface area contributed by atoms with Crippen LogP contribution in [0.15, 0.2) is 0 Å². The Labute approximate surface area is 73.0 Å². The standard InChI is InChI=1S/C6H7N5S/c1-2-8-3-4(9-2)10-6(7)11-5(3)12/h1H3,(H4,7,8,9,10,11,12). The van der Waals surface area contributed by atoms with E-state index in [-0.39, 0.29) is 0 Å². The van der Waals surface area contributed by atoms with Crippen LogP contribution in [-0.4, -0.2) is 19.9 Å². The van der Waals surface area contributed by atoms with E-state index in [9.17, 15) is 0 Å². The van der Waals surface area contributed by atoms with Gasteiger partial charge in [0.05, 0.1) is 0 Å². The summed E-state index contributed by atoms with van der Waals surface area (Å²) < 4.78 is 0.540. The summed E-state index contributed by atoms with van der Waals surface area (Å²) in [5.74, 6) is 1.07. The number of fused-ring (bicyclic) bond motifs is 1. The molecule has 0 saturated carbocycles. The Hall–Kier alpha value is -1.43. The second-order valence-electron chi connectivity index (χ2n) is 2.47. The van der Waals surface area contributed by atoms with E-state index in [4.69, 9.17) is 18.0 Å². The van der Waals surface area contributed by atoms with Gasteiger partial charge in [0.15, 0.2) is 5.65 Å². The van der Waals surface area contributed by atoms with Crippen molar-refractivity contribution in [1.29, 1.82) is 0 Å². The van der Waals surface area contributed by atoms with Crippen LogP contribution in [0.25, 0.3) is 11.2 Å². The minimum atomic E-state index is 0.291. The first kappa shape index (κ1) is 7.23. The number of aryl methyl sites for hydroxylation is 1. The molecule has 12 heavy (non-hydrogen) atoms. The second-order valence-corrected chi connectivity index (χ2v) is 2.88. The summed E-state index contributed by atoms with van der Waals surface area (Å²) in [5.41, 5.74) is 6.74. The van der Waals surface area contributed by atoms with Gasteiger partial charge in [-0.05, 0) is 6.92 Å². The van der Waals surface area contributed by atoms with Gasteiger partial charge in [-0.2, -0.15) is 4.98 Å². The summed E-state index contributed by atoms with van der Waals surface area (Å²) in [5, 5.41) is 0. The predicted octanol–water partition coefficient (Wildman–Crippen LogP) is 0.906. The number of hydrogen-bond acceptors (Lipinski definition) is 4. The van der Waals surface area contributed by atoms with E-state index >= 15 is 0 Å². The molecule has 0 aliphatic rings.